The molecular formula is C11H22O6S. The van der Waals surface area contributed by atoms with E-state index >= 15 is 0 Å². The first kappa shape index (κ1) is 15.8. The molecule has 0 bridgehead atoms. The second kappa shape index (κ2) is 6.81. The van der Waals surface area contributed by atoms with Crippen molar-refractivity contribution in [3.05, 3.63) is 0 Å². The van der Waals surface area contributed by atoms with Crippen molar-refractivity contribution >= 4 is 10.1 Å². The largest absolute Gasteiger partial charge is 0.390 e. The predicted molar refractivity (Wildman–Crippen MR) is 65.5 cm³/mol. The quantitative estimate of drug-likeness (QED) is 0.569. The van der Waals surface area contributed by atoms with E-state index in [1.165, 1.54) is 0 Å². The molecule has 1 heterocycles. The zero-order valence-electron chi connectivity index (χ0n) is 11.0. The smallest absolute Gasteiger partial charge is 0.264 e. The zero-order chi connectivity index (χ0) is 13.8. The van der Waals surface area contributed by atoms with Crippen LogP contribution in [0.4, 0.5) is 0 Å². The summed E-state index contributed by atoms with van der Waals surface area (Å²) < 4.78 is 37.9. The topological polar surface area (TPSA) is 82.1 Å². The highest BCUT2D eigenvalue weighted by Crippen LogP contribution is 2.24. The molecule has 0 spiro atoms. The van der Waals surface area contributed by atoms with Gasteiger partial charge < -0.3 is 14.6 Å². The molecular weight excluding hydrogens is 260 g/mol. The van der Waals surface area contributed by atoms with Crippen LogP contribution in [0.15, 0.2) is 0 Å². The van der Waals surface area contributed by atoms with Crippen LogP contribution in [0, 0.1) is 0 Å². The lowest BCUT2D eigenvalue weighted by Crippen LogP contribution is -2.49. The van der Waals surface area contributed by atoms with E-state index < -0.39 is 34.7 Å². The molecule has 0 aromatic heterocycles. The number of aliphatic hydroxyl groups excluding tert-OH is 1. The second-order valence-corrected chi connectivity index (χ2v) is 6.16. The summed E-state index contributed by atoms with van der Waals surface area (Å²) in [6.07, 6.45) is 0.306. The Labute approximate surface area is 108 Å². The molecule has 1 N–H and O–H groups in total. The van der Waals surface area contributed by atoms with Crippen LogP contribution in [0.1, 0.15) is 33.1 Å². The fourth-order valence-corrected chi connectivity index (χ4v) is 2.52. The average molecular weight is 282 g/mol. The van der Waals surface area contributed by atoms with Gasteiger partial charge in [0.1, 0.15) is 6.10 Å². The number of rotatable bonds is 6. The van der Waals surface area contributed by atoms with Gasteiger partial charge in [-0.25, -0.2) is 0 Å². The zero-order valence-corrected chi connectivity index (χ0v) is 11.9. The average Bonchev–Trinajstić information content (AvgIpc) is 2.23. The first-order chi connectivity index (χ1) is 8.33. The minimum Gasteiger partial charge on any atom is -0.390 e. The number of ether oxygens (including phenoxy) is 2. The summed E-state index contributed by atoms with van der Waals surface area (Å²) in [5, 5.41) is 9.88. The Morgan fingerprint density at radius 3 is 2.61 bits per heavy atom. The van der Waals surface area contributed by atoms with Gasteiger partial charge in [0.05, 0.1) is 18.5 Å². The van der Waals surface area contributed by atoms with Crippen LogP contribution in [0.5, 0.6) is 0 Å². The minimum atomic E-state index is -3.61. The molecule has 0 unspecified atom stereocenters. The number of aliphatic hydroxyl groups is 1. The number of unbranched alkanes of at least 4 members (excludes halogenated alkanes) is 1. The molecule has 1 aliphatic rings. The normalized spacial score (nSPS) is 33.6. The summed E-state index contributed by atoms with van der Waals surface area (Å²) in [4.78, 5) is 0. The van der Waals surface area contributed by atoms with E-state index in [0.29, 0.717) is 6.61 Å². The Morgan fingerprint density at radius 2 is 2.11 bits per heavy atom. The van der Waals surface area contributed by atoms with Crippen molar-refractivity contribution in [1.82, 2.24) is 0 Å². The van der Waals surface area contributed by atoms with E-state index in [9.17, 15) is 13.5 Å². The lowest BCUT2D eigenvalue weighted by Gasteiger charge is -2.36. The van der Waals surface area contributed by atoms with E-state index in [4.69, 9.17) is 13.7 Å². The van der Waals surface area contributed by atoms with Crippen molar-refractivity contribution in [2.75, 3.05) is 12.9 Å². The third-order valence-electron chi connectivity index (χ3n) is 2.73. The maximum absolute atomic E-state index is 11.1. The fourth-order valence-electron chi connectivity index (χ4n) is 1.83. The van der Waals surface area contributed by atoms with E-state index in [-0.39, 0.29) is 6.42 Å². The van der Waals surface area contributed by atoms with Gasteiger partial charge in [0.25, 0.3) is 10.1 Å². The van der Waals surface area contributed by atoms with Crippen LogP contribution in [0.2, 0.25) is 0 Å². The lowest BCUT2D eigenvalue weighted by atomic mass is 10.0. The van der Waals surface area contributed by atoms with Gasteiger partial charge in [-0.3, -0.25) is 4.18 Å². The van der Waals surface area contributed by atoms with Gasteiger partial charge in [-0.2, -0.15) is 8.42 Å². The Kier molecular flexibility index (Phi) is 6.00. The van der Waals surface area contributed by atoms with Crippen LogP contribution in [0.3, 0.4) is 0 Å². The fraction of sp³-hybridized carbons (Fsp3) is 1.00. The van der Waals surface area contributed by atoms with Crippen LogP contribution in [0.25, 0.3) is 0 Å². The van der Waals surface area contributed by atoms with Crippen molar-refractivity contribution in [3.8, 4) is 0 Å². The molecule has 1 rings (SSSR count). The van der Waals surface area contributed by atoms with E-state index in [1.54, 1.807) is 6.92 Å². The Hall–Kier alpha value is -0.210. The van der Waals surface area contributed by atoms with Gasteiger partial charge in [-0.05, 0) is 13.3 Å². The van der Waals surface area contributed by atoms with Crippen LogP contribution < -0.4 is 0 Å². The van der Waals surface area contributed by atoms with Crippen LogP contribution in [-0.2, 0) is 23.8 Å². The monoisotopic (exact) mass is 282 g/mol. The Balaban J connectivity index is 2.49. The van der Waals surface area contributed by atoms with Crippen molar-refractivity contribution in [1.29, 1.82) is 0 Å². The van der Waals surface area contributed by atoms with Gasteiger partial charge >= 0.3 is 0 Å². The summed E-state index contributed by atoms with van der Waals surface area (Å²) in [6.45, 7) is 4.28. The molecule has 0 aromatic rings. The maximum atomic E-state index is 11.1. The molecule has 6 nitrogen and oxygen atoms in total. The Bertz CT molecular complexity index is 329. The van der Waals surface area contributed by atoms with E-state index in [0.717, 1.165) is 19.1 Å². The van der Waals surface area contributed by atoms with Crippen molar-refractivity contribution in [3.63, 3.8) is 0 Å². The molecule has 1 aliphatic heterocycles. The van der Waals surface area contributed by atoms with Gasteiger partial charge in [-0.1, -0.05) is 13.3 Å². The molecule has 0 amide bonds. The summed E-state index contributed by atoms with van der Waals surface area (Å²) >= 11 is 0. The van der Waals surface area contributed by atoms with Crippen molar-refractivity contribution in [2.45, 2.75) is 57.7 Å². The molecule has 0 radical (unpaired) electrons. The molecule has 4 atom stereocenters. The third-order valence-corrected chi connectivity index (χ3v) is 3.30. The van der Waals surface area contributed by atoms with Crippen molar-refractivity contribution < 1.29 is 27.2 Å². The number of hydrogen-bond donors (Lipinski definition) is 1. The summed E-state index contributed by atoms with van der Waals surface area (Å²) in [7, 11) is -3.61. The summed E-state index contributed by atoms with van der Waals surface area (Å²) in [5.74, 6) is 0. The number of hydrogen-bond acceptors (Lipinski definition) is 6. The molecule has 0 aromatic carbocycles. The molecule has 108 valence electrons. The molecule has 18 heavy (non-hydrogen) atoms. The van der Waals surface area contributed by atoms with Gasteiger partial charge in [0.15, 0.2) is 6.29 Å². The highest BCUT2D eigenvalue weighted by atomic mass is 32.2. The third kappa shape index (κ3) is 5.19. The first-order valence-electron chi connectivity index (χ1n) is 6.17. The van der Waals surface area contributed by atoms with E-state index in [1.807, 2.05) is 0 Å². The Morgan fingerprint density at radius 1 is 1.44 bits per heavy atom. The SMILES string of the molecule is CCCCO[C@@H]1C[C@H](O)[C@@H](OS(C)(=O)=O)[C@H](C)O1. The van der Waals surface area contributed by atoms with Gasteiger partial charge in [-0.15, -0.1) is 0 Å². The minimum absolute atomic E-state index is 0.217. The standard InChI is InChI=1S/C11H22O6S/c1-4-5-6-15-10-7-9(12)11(8(2)16-10)17-18(3,13)14/h8-12H,4-7H2,1-3H3/t8-,9-,10-,11-/m0/s1. The first-order valence-corrected chi connectivity index (χ1v) is 7.98. The molecule has 1 saturated heterocycles. The summed E-state index contributed by atoms with van der Waals surface area (Å²) in [5.41, 5.74) is 0. The highest BCUT2D eigenvalue weighted by Gasteiger charge is 2.38. The van der Waals surface area contributed by atoms with Gasteiger partial charge in [0.2, 0.25) is 0 Å². The lowest BCUT2D eigenvalue weighted by molar-refractivity contribution is -0.240. The summed E-state index contributed by atoms with van der Waals surface area (Å²) in [6, 6.07) is 0. The van der Waals surface area contributed by atoms with Crippen LogP contribution in [-0.4, -0.2) is 51.0 Å². The highest BCUT2D eigenvalue weighted by molar-refractivity contribution is 7.86. The second-order valence-electron chi connectivity index (χ2n) is 4.56. The maximum Gasteiger partial charge on any atom is 0.264 e. The molecule has 1 fully saturated rings. The predicted octanol–water partition coefficient (Wildman–Crippen LogP) is 0.644. The molecule has 7 heteroatoms. The molecule has 0 aliphatic carbocycles. The van der Waals surface area contributed by atoms with E-state index in [2.05, 4.69) is 6.92 Å². The van der Waals surface area contributed by atoms with Crippen LogP contribution >= 0.6 is 0 Å². The molecule has 0 saturated carbocycles. The van der Waals surface area contributed by atoms with Gasteiger partial charge in [0, 0.05) is 13.0 Å². The van der Waals surface area contributed by atoms with Crippen molar-refractivity contribution in [2.24, 2.45) is 0 Å².